The lowest BCUT2D eigenvalue weighted by molar-refractivity contribution is -0.120. The Balaban J connectivity index is 2.75. The lowest BCUT2D eigenvalue weighted by Crippen LogP contribution is -2.28. The van der Waals surface area contributed by atoms with Crippen LogP contribution < -0.4 is 14.8 Å². The fraction of sp³-hybridized carbons (Fsp3) is 0.500. The number of nitrogens with one attached hydrogen (secondary N) is 1. The van der Waals surface area contributed by atoms with Gasteiger partial charge in [0.25, 0.3) is 0 Å². The number of carbonyl (C=O) groups excluding carboxylic acids is 1. The molecule has 5 nitrogen and oxygen atoms in total. The first kappa shape index (κ1) is 15.3. The molecule has 0 saturated carbocycles. The van der Waals surface area contributed by atoms with Crippen LogP contribution in [0.2, 0.25) is 0 Å². The second kappa shape index (κ2) is 7.63. The molecule has 0 aliphatic heterocycles. The minimum Gasteiger partial charge on any atom is -0.493 e. The average Bonchev–Trinajstić information content (AvgIpc) is 2.40. The maximum Gasteiger partial charge on any atom is 0.224 e. The van der Waals surface area contributed by atoms with Gasteiger partial charge < -0.3 is 19.5 Å². The Bertz CT molecular complexity index is 432. The van der Waals surface area contributed by atoms with Crippen LogP contribution in [0.15, 0.2) is 12.1 Å². The van der Waals surface area contributed by atoms with Crippen LogP contribution in [-0.2, 0) is 16.0 Å². The topological polar surface area (TPSA) is 56.8 Å². The van der Waals surface area contributed by atoms with Gasteiger partial charge >= 0.3 is 0 Å². The Morgan fingerprint density at radius 2 is 1.79 bits per heavy atom. The number of hydrogen-bond donors (Lipinski definition) is 1. The van der Waals surface area contributed by atoms with Gasteiger partial charge in [-0.2, -0.15) is 0 Å². The molecule has 19 heavy (non-hydrogen) atoms. The van der Waals surface area contributed by atoms with Crippen LogP contribution in [0, 0.1) is 6.92 Å². The summed E-state index contributed by atoms with van der Waals surface area (Å²) in [6.45, 7) is 2.97. The van der Waals surface area contributed by atoms with Crippen molar-refractivity contribution in [3.8, 4) is 11.5 Å². The van der Waals surface area contributed by atoms with E-state index in [1.165, 1.54) is 0 Å². The molecule has 5 heteroatoms. The SMILES string of the molecule is COCCNC(=O)Cc1cc(OC)c(OC)cc1C. The molecule has 0 heterocycles. The van der Waals surface area contributed by atoms with Crippen LogP contribution in [0.5, 0.6) is 11.5 Å². The van der Waals surface area contributed by atoms with Gasteiger partial charge in [0.1, 0.15) is 0 Å². The quantitative estimate of drug-likeness (QED) is 0.757. The highest BCUT2D eigenvalue weighted by atomic mass is 16.5. The van der Waals surface area contributed by atoms with Crippen molar-refractivity contribution in [3.05, 3.63) is 23.3 Å². The van der Waals surface area contributed by atoms with Gasteiger partial charge in [-0.05, 0) is 30.2 Å². The van der Waals surface area contributed by atoms with E-state index >= 15 is 0 Å². The number of methoxy groups -OCH3 is 3. The monoisotopic (exact) mass is 267 g/mol. The molecule has 106 valence electrons. The van der Waals surface area contributed by atoms with Gasteiger partial charge in [-0.3, -0.25) is 4.79 Å². The van der Waals surface area contributed by atoms with E-state index in [4.69, 9.17) is 14.2 Å². The summed E-state index contributed by atoms with van der Waals surface area (Å²) in [7, 11) is 4.77. The molecule has 0 unspecified atom stereocenters. The lowest BCUT2D eigenvalue weighted by atomic mass is 10.0. The summed E-state index contributed by atoms with van der Waals surface area (Å²) in [5.41, 5.74) is 1.92. The molecule has 0 saturated heterocycles. The molecular weight excluding hydrogens is 246 g/mol. The molecule has 1 amide bonds. The minimum absolute atomic E-state index is 0.0348. The van der Waals surface area contributed by atoms with Crippen molar-refractivity contribution in [3.63, 3.8) is 0 Å². The van der Waals surface area contributed by atoms with Crippen molar-refractivity contribution in [2.24, 2.45) is 0 Å². The van der Waals surface area contributed by atoms with E-state index in [2.05, 4.69) is 5.32 Å². The Morgan fingerprint density at radius 3 is 2.37 bits per heavy atom. The van der Waals surface area contributed by atoms with Gasteiger partial charge in [0.2, 0.25) is 5.91 Å². The molecule has 0 fully saturated rings. The number of aryl methyl sites for hydroxylation is 1. The summed E-state index contributed by atoms with van der Waals surface area (Å²) >= 11 is 0. The van der Waals surface area contributed by atoms with Crippen molar-refractivity contribution in [2.45, 2.75) is 13.3 Å². The molecule has 1 aromatic rings. The number of hydrogen-bond acceptors (Lipinski definition) is 4. The highest BCUT2D eigenvalue weighted by Gasteiger charge is 2.11. The Labute approximate surface area is 113 Å². The number of amides is 1. The van der Waals surface area contributed by atoms with Crippen molar-refractivity contribution >= 4 is 5.91 Å². The van der Waals surface area contributed by atoms with Gasteiger partial charge in [-0.15, -0.1) is 0 Å². The molecule has 0 aliphatic carbocycles. The van der Waals surface area contributed by atoms with Gasteiger partial charge in [-0.1, -0.05) is 0 Å². The zero-order valence-corrected chi connectivity index (χ0v) is 11.9. The van der Waals surface area contributed by atoms with Crippen LogP contribution >= 0.6 is 0 Å². The van der Waals surface area contributed by atoms with E-state index in [0.717, 1.165) is 11.1 Å². The second-order valence-electron chi connectivity index (χ2n) is 4.15. The zero-order chi connectivity index (χ0) is 14.3. The molecule has 1 rings (SSSR count). The van der Waals surface area contributed by atoms with Crippen LogP contribution in [0.1, 0.15) is 11.1 Å². The van der Waals surface area contributed by atoms with E-state index in [0.29, 0.717) is 31.1 Å². The average molecular weight is 267 g/mol. The van der Waals surface area contributed by atoms with Crippen molar-refractivity contribution in [1.82, 2.24) is 5.32 Å². The molecule has 1 aromatic carbocycles. The molecule has 1 N–H and O–H groups in total. The van der Waals surface area contributed by atoms with E-state index in [1.54, 1.807) is 21.3 Å². The molecule has 0 aromatic heterocycles. The maximum atomic E-state index is 11.8. The number of ether oxygens (including phenoxy) is 3. The third-order valence-corrected chi connectivity index (χ3v) is 2.82. The summed E-state index contributed by atoms with van der Waals surface area (Å²) in [4.78, 5) is 11.8. The molecular formula is C14H21NO4. The summed E-state index contributed by atoms with van der Waals surface area (Å²) in [6, 6.07) is 3.71. The standard InChI is InChI=1S/C14H21NO4/c1-10-7-12(18-3)13(19-4)8-11(10)9-14(16)15-5-6-17-2/h7-8H,5-6,9H2,1-4H3,(H,15,16). The molecule has 0 atom stereocenters. The summed E-state index contributed by atoms with van der Waals surface area (Å²) < 4.78 is 15.3. The van der Waals surface area contributed by atoms with E-state index in [-0.39, 0.29) is 5.91 Å². The van der Waals surface area contributed by atoms with Gasteiger partial charge in [0.05, 0.1) is 27.2 Å². The number of carbonyl (C=O) groups is 1. The smallest absolute Gasteiger partial charge is 0.224 e. The molecule has 0 aliphatic rings. The molecule has 0 bridgehead atoms. The maximum absolute atomic E-state index is 11.8. The second-order valence-corrected chi connectivity index (χ2v) is 4.15. The van der Waals surface area contributed by atoms with Gasteiger partial charge in [-0.25, -0.2) is 0 Å². The predicted octanol–water partition coefficient (Wildman–Crippen LogP) is 1.32. The fourth-order valence-corrected chi connectivity index (χ4v) is 1.74. The highest BCUT2D eigenvalue weighted by Crippen LogP contribution is 2.30. The third kappa shape index (κ3) is 4.44. The number of benzene rings is 1. The minimum atomic E-state index is -0.0348. The normalized spacial score (nSPS) is 10.1. The highest BCUT2D eigenvalue weighted by molar-refractivity contribution is 5.79. The Kier molecular flexibility index (Phi) is 6.15. The summed E-state index contributed by atoms with van der Waals surface area (Å²) in [5, 5.41) is 2.79. The third-order valence-electron chi connectivity index (χ3n) is 2.82. The van der Waals surface area contributed by atoms with Crippen LogP contribution in [0.4, 0.5) is 0 Å². The zero-order valence-electron chi connectivity index (χ0n) is 11.9. The van der Waals surface area contributed by atoms with Crippen LogP contribution in [-0.4, -0.2) is 40.4 Å². The van der Waals surface area contributed by atoms with Gasteiger partial charge in [0.15, 0.2) is 11.5 Å². The van der Waals surface area contributed by atoms with Crippen molar-refractivity contribution < 1.29 is 19.0 Å². The van der Waals surface area contributed by atoms with E-state index in [9.17, 15) is 4.79 Å². The van der Waals surface area contributed by atoms with Crippen LogP contribution in [0.25, 0.3) is 0 Å². The van der Waals surface area contributed by atoms with E-state index in [1.807, 2.05) is 19.1 Å². The first-order valence-electron chi connectivity index (χ1n) is 6.09. The summed E-state index contributed by atoms with van der Waals surface area (Å²) in [5.74, 6) is 1.27. The number of rotatable bonds is 7. The lowest BCUT2D eigenvalue weighted by Gasteiger charge is -2.12. The van der Waals surface area contributed by atoms with Crippen LogP contribution in [0.3, 0.4) is 0 Å². The van der Waals surface area contributed by atoms with Gasteiger partial charge in [0, 0.05) is 13.7 Å². The Hall–Kier alpha value is -1.75. The summed E-state index contributed by atoms with van der Waals surface area (Å²) in [6.07, 6.45) is 0.315. The fourth-order valence-electron chi connectivity index (χ4n) is 1.74. The first-order valence-corrected chi connectivity index (χ1v) is 6.09. The van der Waals surface area contributed by atoms with Crippen molar-refractivity contribution in [2.75, 3.05) is 34.5 Å². The predicted molar refractivity (Wildman–Crippen MR) is 72.9 cm³/mol. The largest absolute Gasteiger partial charge is 0.493 e. The first-order chi connectivity index (χ1) is 9.12. The Morgan fingerprint density at radius 1 is 1.16 bits per heavy atom. The van der Waals surface area contributed by atoms with Crippen molar-refractivity contribution in [1.29, 1.82) is 0 Å². The molecule has 0 radical (unpaired) electrons. The molecule has 0 spiro atoms. The van der Waals surface area contributed by atoms with E-state index < -0.39 is 0 Å².